The molecule has 1 fully saturated rings. The third-order valence-corrected chi connectivity index (χ3v) is 6.34. The zero-order valence-electron chi connectivity index (χ0n) is 15.0. The van der Waals surface area contributed by atoms with Crippen LogP contribution in [-0.4, -0.2) is 21.2 Å². The Hall–Kier alpha value is -2.47. The number of rotatable bonds is 6. The normalized spacial score (nSPS) is 20.6. The topological polar surface area (TPSA) is 83.5 Å². The first-order chi connectivity index (χ1) is 13.0. The van der Waals surface area contributed by atoms with Crippen LogP contribution in [0.25, 0.3) is 0 Å². The lowest BCUT2D eigenvalue weighted by molar-refractivity contribution is -0.143. The summed E-state index contributed by atoms with van der Waals surface area (Å²) in [5, 5.41) is 12.0. The van der Waals surface area contributed by atoms with E-state index in [1.54, 1.807) is 0 Å². The first-order valence-corrected chi connectivity index (χ1v) is 10.4. The molecule has 2 N–H and O–H groups in total. The highest BCUT2D eigenvalue weighted by molar-refractivity contribution is 7.84. The van der Waals surface area contributed by atoms with Crippen LogP contribution in [0.15, 0.2) is 59.5 Å². The van der Waals surface area contributed by atoms with E-state index in [1.807, 2.05) is 54.6 Å². The summed E-state index contributed by atoms with van der Waals surface area (Å²) in [4.78, 5) is 24.3. The number of anilines is 1. The zero-order chi connectivity index (χ0) is 19.2. The second kappa shape index (κ2) is 8.95. The fraction of sp³-hybridized carbons (Fsp3) is 0.333. The average molecular weight is 385 g/mol. The van der Waals surface area contributed by atoms with Crippen LogP contribution >= 0.6 is 0 Å². The molecule has 142 valence electrons. The van der Waals surface area contributed by atoms with Gasteiger partial charge in [0.25, 0.3) is 0 Å². The minimum Gasteiger partial charge on any atom is -0.481 e. The molecule has 2 aromatic rings. The minimum atomic E-state index is -1.14. The molecule has 0 saturated heterocycles. The monoisotopic (exact) mass is 385 g/mol. The molecule has 0 spiro atoms. The second-order valence-corrected chi connectivity index (χ2v) is 8.33. The van der Waals surface area contributed by atoms with Crippen LogP contribution in [0, 0.1) is 11.8 Å². The SMILES string of the molecule is O=C(O)C1CCC(C(=O)Nc2cccc(CS(=O)c3ccccc3)c2)CC1. The molecule has 0 bridgehead atoms. The summed E-state index contributed by atoms with van der Waals surface area (Å²) in [7, 11) is -1.14. The number of benzene rings is 2. The van der Waals surface area contributed by atoms with Crippen molar-refractivity contribution in [3.63, 3.8) is 0 Å². The van der Waals surface area contributed by atoms with Gasteiger partial charge in [-0.3, -0.25) is 13.8 Å². The molecule has 5 nitrogen and oxygen atoms in total. The first-order valence-electron chi connectivity index (χ1n) is 9.09. The highest BCUT2D eigenvalue weighted by atomic mass is 32.2. The predicted octanol–water partition coefficient (Wildman–Crippen LogP) is 3.82. The molecule has 1 unspecified atom stereocenters. The van der Waals surface area contributed by atoms with E-state index in [0.717, 1.165) is 10.5 Å². The van der Waals surface area contributed by atoms with Crippen LogP contribution in [0.4, 0.5) is 5.69 Å². The lowest BCUT2D eigenvalue weighted by atomic mass is 9.81. The van der Waals surface area contributed by atoms with E-state index in [-0.39, 0.29) is 17.7 Å². The van der Waals surface area contributed by atoms with Gasteiger partial charge < -0.3 is 10.4 Å². The molecular weight excluding hydrogens is 362 g/mol. The van der Waals surface area contributed by atoms with E-state index < -0.39 is 16.8 Å². The van der Waals surface area contributed by atoms with Crippen LogP contribution in [0.1, 0.15) is 31.2 Å². The number of carbonyl (C=O) groups excluding carboxylic acids is 1. The van der Waals surface area contributed by atoms with E-state index in [1.165, 1.54) is 0 Å². The van der Waals surface area contributed by atoms with Crippen LogP contribution in [0.2, 0.25) is 0 Å². The van der Waals surface area contributed by atoms with Gasteiger partial charge >= 0.3 is 5.97 Å². The summed E-state index contributed by atoms with van der Waals surface area (Å²) in [5.74, 6) is -0.932. The number of carboxylic acids is 1. The number of amides is 1. The molecule has 1 atom stereocenters. The molecular formula is C21H23NO4S. The van der Waals surface area contributed by atoms with Crippen molar-refractivity contribution in [1.82, 2.24) is 0 Å². The Bertz CT molecular complexity index is 829. The first kappa shape index (κ1) is 19.3. The average Bonchev–Trinajstić information content (AvgIpc) is 2.69. The molecule has 0 radical (unpaired) electrons. The largest absolute Gasteiger partial charge is 0.481 e. The fourth-order valence-electron chi connectivity index (χ4n) is 3.39. The molecule has 2 aromatic carbocycles. The van der Waals surface area contributed by atoms with Gasteiger partial charge in [-0.25, -0.2) is 0 Å². The van der Waals surface area contributed by atoms with Crippen LogP contribution < -0.4 is 5.32 Å². The smallest absolute Gasteiger partial charge is 0.306 e. The van der Waals surface area contributed by atoms with E-state index in [2.05, 4.69) is 5.32 Å². The molecule has 1 saturated carbocycles. The number of carbonyl (C=O) groups is 2. The summed E-state index contributed by atoms with van der Waals surface area (Å²) in [6.45, 7) is 0. The minimum absolute atomic E-state index is 0.0693. The van der Waals surface area contributed by atoms with E-state index in [0.29, 0.717) is 37.1 Å². The molecule has 3 rings (SSSR count). The van der Waals surface area contributed by atoms with Gasteiger partial charge in [-0.1, -0.05) is 30.3 Å². The van der Waals surface area contributed by atoms with Gasteiger partial charge in [0, 0.05) is 16.5 Å². The maximum atomic E-state index is 12.5. The standard InChI is InChI=1S/C21H23NO4S/c23-20(16-9-11-17(12-10-16)21(24)25)22-18-6-4-5-15(13-18)14-27(26)19-7-2-1-3-8-19/h1-8,13,16-17H,9-12,14H2,(H,22,23)(H,24,25). The fourth-order valence-corrected chi connectivity index (χ4v) is 4.50. The van der Waals surface area contributed by atoms with Gasteiger partial charge in [-0.15, -0.1) is 0 Å². The quantitative estimate of drug-likeness (QED) is 0.792. The zero-order valence-corrected chi connectivity index (χ0v) is 15.8. The van der Waals surface area contributed by atoms with Crippen molar-refractivity contribution in [2.24, 2.45) is 11.8 Å². The Morgan fingerprint density at radius 3 is 2.30 bits per heavy atom. The lowest BCUT2D eigenvalue weighted by Crippen LogP contribution is -2.29. The van der Waals surface area contributed by atoms with E-state index in [9.17, 15) is 13.8 Å². The summed E-state index contributed by atoms with van der Waals surface area (Å²) in [5.41, 5.74) is 1.58. The number of hydrogen-bond donors (Lipinski definition) is 2. The molecule has 0 aliphatic heterocycles. The summed E-state index contributed by atoms with van der Waals surface area (Å²) in [6, 6.07) is 16.7. The van der Waals surface area contributed by atoms with Crippen molar-refractivity contribution in [3.8, 4) is 0 Å². The number of hydrogen-bond acceptors (Lipinski definition) is 3. The van der Waals surface area contributed by atoms with Gasteiger partial charge in [0.2, 0.25) is 5.91 Å². The van der Waals surface area contributed by atoms with E-state index >= 15 is 0 Å². The number of aliphatic carboxylic acids is 1. The summed E-state index contributed by atoms with van der Waals surface area (Å²) >= 11 is 0. The van der Waals surface area contributed by atoms with Crippen molar-refractivity contribution in [3.05, 3.63) is 60.2 Å². The van der Waals surface area contributed by atoms with Crippen molar-refractivity contribution in [2.75, 3.05) is 5.32 Å². The number of nitrogens with one attached hydrogen (secondary N) is 1. The van der Waals surface area contributed by atoms with Crippen molar-refractivity contribution >= 4 is 28.4 Å². The summed E-state index contributed by atoms with van der Waals surface area (Å²) in [6.07, 6.45) is 2.29. The van der Waals surface area contributed by atoms with E-state index in [4.69, 9.17) is 5.11 Å². The highest BCUT2D eigenvalue weighted by Crippen LogP contribution is 2.30. The molecule has 1 aliphatic carbocycles. The molecule has 1 amide bonds. The molecule has 27 heavy (non-hydrogen) atoms. The third-order valence-electron chi connectivity index (χ3n) is 4.95. The predicted molar refractivity (Wildman–Crippen MR) is 105 cm³/mol. The van der Waals surface area contributed by atoms with Crippen LogP contribution in [-0.2, 0) is 26.1 Å². The van der Waals surface area contributed by atoms with Gasteiger partial charge in [-0.05, 0) is 55.5 Å². The van der Waals surface area contributed by atoms with Crippen molar-refractivity contribution in [2.45, 2.75) is 36.3 Å². The maximum absolute atomic E-state index is 12.5. The van der Waals surface area contributed by atoms with Crippen LogP contribution in [0.5, 0.6) is 0 Å². The highest BCUT2D eigenvalue weighted by Gasteiger charge is 2.29. The Kier molecular flexibility index (Phi) is 6.40. The molecule has 6 heteroatoms. The Balaban J connectivity index is 1.58. The Morgan fingerprint density at radius 1 is 0.963 bits per heavy atom. The number of carboxylic acid groups (broad SMARTS) is 1. The lowest BCUT2D eigenvalue weighted by Gasteiger charge is -2.25. The van der Waals surface area contributed by atoms with Crippen molar-refractivity contribution in [1.29, 1.82) is 0 Å². The summed E-state index contributed by atoms with van der Waals surface area (Å²) < 4.78 is 12.5. The Morgan fingerprint density at radius 2 is 1.63 bits per heavy atom. The molecule has 0 aromatic heterocycles. The molecule has 0 heterocycles. The van der Waals surface area contributed by atoms with Crippen LogP contribution in [0.3, 0.4) is 0 Å². The second-order valence-electron chi connectivity index (χ2n) is 6.88. The van der Waals surface area contributed by atoms with Gasteiger partial charge in [0.1, 0.15) is 0 Å². The third kappa shape index (κ3) is 5.26. The van der Waals surface area contributed by atoms with Crippen molar-refractivity contribution < 1.29 is 18.9 Å². The van der Waals surface area contributed by atoms with Gasteiger partial charge in [0.05, 0.1) is 22.5 Å². The van der Waals surface area contributed by atoms with Gasteiger partial charge in [-0.2, -0.15) is 0 Å². The maximum Gasteiger partial charge on any atom is 0.306 e. The molecule has 1 aliphatic rings. The van der Waals surface area contributed by atoms with Gasteiger partial charge in [0.15, 0.2) is 0 Å². The Labute approximate surface area is 161 Å².